The van der Waals surface area contributed by atoms with E-state index in [1.807, 2.05) is 0 Å². The zero-order valence-corrected chi connectivity index (χ0v) is 14.2. The lowest BCUT2D eigenvalue weighted by Gasteiger charge is -2.19. The predicted octanol–water partition coefficient (Wildman–Crippen LogP) is 1.22. The van der Waals surface area contributed by atoms with Gasteiger partial charge in [0.05, 0.1) is 5.39 Å². The maximum atomic E-state index is 14.6. The Morgan fingerprint density at radius 3 is 2.88 bits per heavy atom. The Hall–Kier alpha value is -2.85. The van der Waals surface area contributed by atoms with Gasteiger partial charge in [0.2, 0.25) is 5.43 Å². The summed E-state index contributed by atoms with van der Waals surface area (Å²) in [5.74, 6) is -1.98. The van der Waals surface area contributed by atoms with Crippen molar-refractivity contribution >= 4 is 34.2 Å². The van der Waals surface area contributed by atoms with Crippen LogP contribution in [0.25, 0.3) is 16.2 Å². The molecule has 0 bridgehead atoms. The first-order valence-electron chi connectivity index (χ1n) is 7.85. The molecule has 3 N–H and O–H groups in total. The minimum absolute atomic E-state index is 0.0672. The van der Waals surface area contributed by atoms with E-state index < -0.39 is 22.8 Å². The monoisotopic (exact) mass is 375 g/mol. The van der Waals surface area contributed by atoms with E-state index in [-0.39, 0.29) is 22.9 Å². The minimum atomic E-state index is -1.39. The molecule has 1 saturated heterocycles. The summed E-state index contributed by atoms with van der Waals surface area (Å²) in [6.07, 6.45) is 3.45. The molecule has 0 aliphatic carbocycles. The minimum Gasteiger partial charge on any atom is -0.477 e. The Bertz CT molecular complexity index is 1070. The summed E-state index contributed by atoms with van der Waals surface area (Å²) in [7, 11) is 0. The van der Waals surface area contributed by atoms with Crippen LogP contribution in [-0.4, -0.2) is 44.7 Å². The van der Waals surface area contributed by atoms with Gasteiger partial charge in [-0.05, 0) is 12.5 Å². The number of hydrogen-bond acceptors (Lipinski definition) is 7. The van der Waals surface area contributed by atoms with Crippen molar-refractivity contribution in [2.24, 2.45) is 5.73 Å². The Kier molecular flexibility index (Phi) is 3.93. The van der Waals surface area contributed by atoms with Gasteiger partial charge in [0.15, 0.2) is 22.4 Å². The number of nitrogens with two attached hydrogens (primary N) is 1. The van der Waals surface area contributed by atoms with Crippen molar-refractivity contribution in [3.8, 4) is 5.13 Å². The smallest absolute Gasteiger partial charge is 0.341 e. The molecule has 0 radical (unpaired) electrons. The fraction of sp³-hybridized carbons (Fsp3) is 0.250. The predicted molar refractivity (Wildman–Crippen MR) is 94.7 cm³/mol. The molecule has 4 heterocycles. The highest BCUT2D eigenvalue weighted by atomic mass is 32.1. The fourth-order valence-electron chi connectivity index (χ4n) is 3.05. The van der Waals surface area contributed by atoms with E-state index in [0.717, 1.165) is 12.5 Å². The van der Waals surface area contributed by atoms with E-state index >= 15 is 0 Å². The van der Waals surface area contributed by atoms with Crippen molar-refractivity contribution in [2.45, 2.75) is 12.5 Å². The van der Waals surface area contributed by atoms with Gasteiger partial charge < -0.3 is 15.7 Å². The first kappa shape index (κ1) is 16.6. The fourth-order valence-corrected chi connectivity index (χ4v) is 3.67. The summed E-state index contributed by atoms with van der Waals surface area (Å²) in [6, 6.07) is 0.975. The molecule has 134 valence electrons. The summed E-state index contributed by atoms with van der Waals surface area (Å²) in [5, 5.41) is 11.3. The number of thiazole rings is 1. The highest BCUT2D eigenvalue weighted by molar-refractivity contribution is 7.12. The molecule has 0 amide bonds. The topological polar surface area (TPSA) is 114 Å². The lowest BCUT2D eigenvalue weighted by Crippen LogP contribution is -2.28. The number of rotatable bonds is 3. The van der Waals surface area contributed by atoms with Crippen molar-refractivity contribution in [3.05, 3.63) is 45.4 Å². The summed E-state index contributed by atoms with van der Waals surface area (Å²) in [6.45, 7) is 1.02. The first-order chi connectivity index (χ1) is 12.5. The van der Waals surface area contributed by atoms with Crippen LogP contribution in [0.5, 0.6) is 0 Å². The Balaban J connectivity index is 2.02. The summed E-state index contributed by atoms with van der Waals surface area (Å²) in [4.78, 5) is 34.1. The molecule has 4 rings (SSSR count). The molecule has 0 saturated carbocycles. The number of carbonyl (C=O) groups is 1. The van der Waals surface area contributed by atoms with Crippen LogP contribution in [-0.2, 0) is 0 Å². The third-order valence-electron chi connectivity index (χ3n) is 4.29. The molecule has 0 spiro atoms. The third-order valence-corrected chi connectivity index (χ3v) is 5.06. The van der Waals surface area contributed by atoms with Crippen LogP contribution in [0.15, 0.2) is 28.6 Å². The summed E-state index contributed by atoms with van der Waals surface area (Å²) >= 11 is 1.25. The van der Waals surface area contributed by atoms with Crippen molar-refractivity contribution < 1.29 is 14.3 Å². The Labute approximate surface area is 150 Å². The standard InChI is InChI=1S/C16H14FN5O3S/c17-11-5-9-12(23)10(15(24)25)7-22(16-19-2-4-26-16)13(9)20-14(11)21-3-1-8(18)6-21/h2,4-5,7-8H,1,3,6,18H2,(H,24,25)/t8-/m1/s1. The van der Waals surface area contributed by atoms with Gasteiger partial charge in [0, 0.05) is 36.9 Å². The summed E-state index contributed by atoms with van der Waals surface area (Å²) < 4.78 is 16.0. The van der Waals surface area contributed by atoms with E-state index in [1.165, 1.54) is 22.1 Å². The molecule has 0 unspecified atom stereocenters. The van der Waals surface area contributed by atoms with Gasteiger partial charge in [-0.25, -0.2) is 19.2 Å². The van der Waals surface area contributed by atoms with E-state index in [2.05, 4.69) is 9.97 Å². The molecule has 0 aromatic carbocycles. The number of nitrogens with zero attached hydrogens (tertiary/aromatic N) is 4. The molecule has 26 heavy (non-hydrogen) atoms. The average molecular weight is 375 g/mol. The van der Waals surface area contributed by atoms with E-state index in [1.54, 1.807) is 16.5 Å². The largest absolute Gasteiger partial charge is 0.477 e. The number of hydrogen-bond donors (Lipinski definition) is 2. The number of carboxylic acids is 1. The van der Waals surface area contributed by atoms with Crippen molar-refractivity contribution in [3.63, 3.8) is 0 Å². The van der Waals surface area contributed by atoms with Crippen LogP contribution < -0.4 is 16.1 Å². The van der Waals surface area contributed by atoms with Crippen LogP contribution in [0, 0.1) is 5.82 Å². The molecule has 1 aliphatic rings. The second-order valence-corrected chi connectivity index (χ2v) is 6.89. The zero-order chi connectivity index (χ0) is 18.4. The number of aromatic nitrogens is 3. The molecule has 1 fully saturated rings. The molecule has 10 heteroatoms. The normalized spacial score (nSPS) is 17.2. The van der Waals surface area contributed by atoms with Gasteiger partial charge in [0.1, 0.15) is 5.56 Å². The van der Waals surface area contributed by atoms with Crippen molar-refractivity contribution in [2.75, 3.05) is 18.0 Å². The number of aromatic carboxylic acids is 1. The maximum Gasteiger partial charge on any atom is 0.341 e. The lowest BCUT2D eigenvalue weighted by atomic mass is 10.2. The highest BCUT2D eigenvalue weighted by Crippen LogP contribution is 2.26. The van der Waals surface area contributed by atoms with Crippen LogP contribution in [0.1, 0.15) is 16.8 Å². The maximum absolute atomic E-state index is 14.6. The first-order valence-corrected chi connectivity index (χ1v) is 8.73. The number of pyridine rings is 2. The van der Waals surface area contributed by atoms with Crippen LogP contribution in [0.3, 0.4) is 0 Å². The van der Waals surface area contributed by atoms with Crippen molar-refractivity contribution in [1.29, 1.82) is 0 Å². The molecule has 1 aliphatic heterocycles. The van der Waals surface area contributed by atoms with Crippen LogP contribution >= 0.6 is 11.3 Å². The second-order valence-electron chi connectivity index (χ2n) is 6.02. The lowest BCUT2D eigenvalue weighted by molar-refractivity contribution is 0.0695. The molecule has 3 aromatic rings. The molecule has 3 aromatic heterocycles. The zero-order valence-electron chi connectivity index (χ0n) is 13.4. The van der Waals surface area contributed by atoms with Crippen LogP contribution in [0.4, 0.5) is 10.2 Å². The third kappa shape index (κ3) is 2.63. The molecule has 8 nitrogen and oxygen atoms in total. The van der Waals surface area contributed by atoms with Gasteiger partial charge >= 0.3 is 5.97 Å². The Morgan fingerprint density at radius 2 is 2.27 bits per heavy atom. The molecule has 1 atom stereocenters. The number of halogens is 1. The number of fused-ring (bicyclic) bond motifs is 1. The van der Waals surface area contributed by atoms with Gasteiger partial charge in [-0.3, -0.25) is 9.36 Å². The van der Waals surface area contributed by atoms with E-state index in [0.29, 0.717) is 18.2 Å². The average Bonchev–Trinajstić information content (AvgIpc) is 3.26. The second kappa shape index (κ2) is 6.15. The number of carboxylic acid groups (broad SMARTS) is 1. The summed E-state index contributed by atoms with van der Waals surface area (Å²) in [5.41, 5.74) is 4.80. The van der Waals surface area contributed by atoms with Gasteiger partial charge in [0.25, 0.3) is 0 Å². The van der Waals surface area contributed by atoms with Gasteiger partial charge in [-0.15, -0.1) is 11.3 Å². The molecular weight excluding hydrogens is 361 g/mol. The van der Waals surface area contributed by atoms with Gasteiger partial charge in [-0.1, -0.05) is 0 Å². The van der Waals surface area contributed by atoms with Crippen molar-refractivity contribution in [1.82, 2.24) is 14.5 Å². The SMILES string of the molecule is N[C@@H]1CCN(c2nc3c(cc2F)c(=O)c(C(=O)O)cn3-c2nccs2)C1. The van der Waals surface area contributed by atoms with E-state index in [4.69, 9.17) is 5.73 Å². The highest BCUT2D eigenvalue weighted by Gasteiger charge is 2.25. The van der Waals surface area contributed by atoms with Gasteiger partial charge in [-0.2, -0.15) is 0 Å². The van der Waals surface area contributed by atoms with Crippen LogP contribution in [0.2, 0.25) is 0 Å². The quantitative estimate of drug-likeness (QED) is 0.707. The number of anilines is 1. The molecular formula is C16H14FN5O3S. The Morgan fingerprint density at radius 1 is 1.46 bits per heavy atom. The van der Waals surface area contributed by atoms with E-state index in [9.17, 15) is 19.1 Å².